The van der Waals surface area contributed by atoms with Crippen molar-refractivity contribution in [2.75, 3.05) is 13.1 Å². The van der Waals surface area contributed by atoms with Crippen molar-refractivity contribution in [3.63, 3.8) is 0 Å². The van der Waals surface area contributed by atoms with Crippen molar-refractivity contribution in [2.45, 2.75) is 58.8 Å². The Labute approximate surface area is 115 Å². The lowest BCUT2D eigenvalue weighted by atomic mass is 9.76. The molecule has 2 aliphatic rings. The van der Waals surface area contributed by atoms with Gasteiger partial charge in [0, 0.05) is 13.1 Å². The van der Waals surface area contributed by atoms with Gasteiger partial charge in [0.25, 0.3) is 0 Å². The first-order valence-electron chi connectivity index (χ1n) is 7.52. The van der Waals surface area contributed by atoms with E-state index in [2.05, 4.69) is 13.8 Å². The first kappa shape index (κ1) is 14.4. The van der Waals surface area contributed by atoms with Gasteiger partial charge in [-0.3, -0.25) is 9.59 Å². The number of hydrogen-bond donors (Lipinski definition) is 1. The van der Waals surface area contributed by atoms with Crippen LogP contribution in [0.5, 0.6) is 0 Å². The third kappa shape index (κ3) is 2.49. The second-order valence-electron chi connectivity index (χ2n) is 6.24. The van der Waals surface area contributed by atoms with E-state index < -0.39 is 11.4 Å². The predicted octanol–water partition coefficient (Wildman–Crippen LogP) is 2.67. The van der Waals surface area contributed by atoms with E-state index in [9.17, 15) is 14.7 Å². The van der Waals surface area contributed by atoms with E-state index in [1.807, 2.05) is 4.90 Å². The van der Waals surface area contributed by atoms with Gasteiger partial charge in [0.2, 0.25) is 5.91 Å². The maximum atomic E-state index is 12.4. The van der Waals surface area contributed by atoms with Crippen LogP contribution in [0.2, 0.25) is 0 Å². The third-order valence-corrected chi connectivity index (χ3v) is 5.40. The maximum Gasteiger partial charge on any atom is 0.319 e. The van der Waals surface area contributed by atoms with Crippen molar-refractivity contribution < 1.29 is 14.7 Å². The van der Waals surface area contributed by atoms with Gasteiger partial charge in [-0.2, -0.15) is 0 Å². The number of amides is 1. The highest BCUT2D eigenvalue weighted by molar-refractivity contribution is 6.04. The van der Waals surface area contributed by atoms with E-state index in [-0.39, 0.29) is 5.91 Å². The SMILES string of the molecule is CCC1(CC)CCCN(C(=O)C2(C(=O)O)CC2)CC1. The second kappa shape index (κ2) is 5.14. The fraction of sp³-hybridized carbons (Fsp3) is 0.867. The molecule has 1 heterocycles. The van der Waals surface area contributed by atoms with E-state index in [1.165, 1.54) is 0 Å². The summed E-state index contributed by atoms with van der Waals surface area (Å²) in [6, 6.07) is 0. The maximum absolute atomic E-state index is 12.4. The van der Waals surface area contributed by atoms with E-state index >= 15 is 0 Å². The normalized spacial score (nSPS) is 24.6. The van der Waals surface area contributed by atoms with E-state index in [0.717, 1.165) is 45.2 Å². The van der Waals surface area contributed by atoms with Gasteiger partial charge in [0.15, 0.2) is 0 Å². The van der Waals surface area contributed by atoms with Crippen LogP contribution >= 0.6 is 0 Å². The summed E-state index contributed by atoms with van der Waals surface area (Å²) < 4.78 is 0. The average molecular weight is 267 g/mol. The van der Waals surface area contributed by atoms with Crippen molar-refractivity contribution in [1.82, 2.24) is 4.90 Å². The molecule has 0 radical (unpaired) electrons. The lowest BCUT2D eigenvalue weighted by molar-refractivity contribution is -0.153. The number of likely N-dealkylation sites (tertiary alicyclic amines) is 1. The Kier molecular flexibility index (Phi) is 3.88. The summed E-state index contributed by atoms with van der Waals surface area (Å²) in [5.41, 5.74) is -0.708. The zero-order chi connectivity index (χ0) is 14.1. The molecule has 1 aliphatic carbocycles. The van der Waals surface area contributed by atoms with E-state index in [4.69, 9.17) is 0 Å². The molecule has 0 bridgehead atoms. The number of hydrogen-bond acceptors (Lipinski definition) is 2. The van der Waals surface area contributed by atoms with Crippen LogP contribution in [-0.4, -0.2) is 35.0 Å². The number of carbonyl (C=O) groups excluding carboxylic acids is 1. The molecule has 0 aromatic rings. The third-order valence-electron chi connectivity index (χ3n) is 5.40. The fourth-order valence-electron chi connectivity index (χ4n) is 3.36. The molecule has 2 rings (SSSR count). The standard InChI is InChI=1S/C15H25NO3/c1-3-14(4-2)6-5-10-16(11-9-14)12(17)15(7-8-15)13(18)19/h3-11H2,1-2H3,(H,18,19). The van der Waals surface area contributed by atoms with E-state index in [0.29, 0.717) is 18.3 Å². The zero-order valence-electron chi connectivity index (χ0n) is 12.1. The number of rotatable bonds is 4. The molecule has 1 aliphatic heterocycles. The number of nitrogens with zero attached hydrogens (tertiary/aromatic N) is 1. The van der Waals surface area contributed by atoms with E-state index in [1.54, 1.807) is 0 Å². The van der Waals surface area contributed by atoms with Crippen molar-refractivity contribution in [1.29, 1.82) is 0 Å². The fourth-order valence-corrected chi connectivity index (χ4v) is 3.36. The Morgan fingerprint density at radius 2 is 1.68 bits per heavy atom. The van der Waals surface area contributed by atoms with Crippen LogP contribution in [0.3, 0.4) is 0 Å². The number of aliphatic carboxylic acids is 1. The van der Waals surface area contributed by atoms with Crippen LogP contribution in [0.4, 0.5) is 0 Å². The Morgan fingerprint density at radius 1 is 1.05 bits per heavy atom. The first-order chi connectivity index (χ1) is 8.99. The number of carbonyl (C=O) groups is 2. The van der Waals surface area contributed by atoms with Crippen molar-refractivity contribution >= 4 is 11.9 Å². The molecule has 0 atom stereocenters. The summed E-state index contributed by atoms with van der Waals surface area (Å²) in [5.74, 6) is -1.07. The van der Waals surface area contributed by atoms with Crippen molar-refractivity contribution in [2.24, 2.45) is 10.8 Å². The second-order valence-corrected chi connectivity index (χ2v) is 6.24. The van der Waals surface area contributed by atoms with Gasteiger partial charge >= 0.3 is 5.97 Å². The minimum absolute atomic E-state index is 0.136. The molecule has 0 aromatic heterocycles. The van der Waals surface area contributed by atoms with Gasteiger partial charge in [-0.05, 0) is 37.5 Å². The van der Waals surface area contributed by atoms with Gasteiger partial charge < -0.3 is 10.0 Å². The highest BCUT2D eigenvalue weighted by Gasteiger charge is 2.58. The van der Waals surface area contributed by atoms with Gasteiger partial charge in [-0.15, -0.1) is 0 Å². The van der Waals surface area contributed by atoms with Crippen LogP contribution < -0.4 is 0 Å². The lowest BCUT2D eigenvalue weighted by Crippen LogP contribution is -2.41. The molecule has 108 valence electrons. The molecular weight excluding hydrogens is 242 g/mol. The highest BCUT2D eigenvalue weighted by atomic mass is 16.4. The average Bonchev–Trinajstić information content (AvgIpc) is 3.22. The van der Waals surface area contributed by atoms with Crippen LogP contribution in [0.1, 0.15) is 58.8 Å². The van der Waals surface area contributed by atoms with Crippen LogP contribution in [0, 0.1) is 10.8 Å². The zero-order valence-corrected chi connectivity index (χ0v) is 12.1. The molecule has 4 heteroatoms. The highest BCUT2D eigenvalue weighted by Crippen LogP contribution is 2.48. The topological polar surface area (TPSA) is 57.6 Å². The van der Waals surface area contributed by atoms with Gasteiger partial charge in [-0.1, -0.05) is 26.7 Å². The van der Waals surface area contributed by atoms with Gasteiger partial charge in [-0.25, -0.2) is 0 Å². The van der Waals surface area contributed by atoms with Crippen LogP contribution in [0.15, 0.2) is 0 Å². The molecule has 0 aromatic carbocycles. The van der Waals surface area contributed by atoms with Crippen LogP contribution in [0.25, 0.3) is 0 Å². The quantitative estimate of drug-likeness (QED) is 0.797. The Morgan fingerprint density at radius 3 is 2.16 bits per heavy atom. The minimum Gasteiger partial charge on any atom is -0.480 e. The number of carboxylic acid groups (broad SMARTS) is 1. The summed E-state index contributed by atoms with van der Waals surface area (Å²) in [4.78, 5) is 25.5. The summed E-state index contributed by atoms with van der Waals surface area (Å²) >= 11 is 0. The molecule has 1 saturated heterocycles. The summed E-state index contributed by atoms with van der Waals surface area (Å²) in [6.45, 7) is 5.91. The Hall–Kier alpha value is -1.06. The van der Waals surface area contributed by atoms with Crippen LogP contribution in [-0.2, 0) is 9.59 Å². The first-order valence-corrected chi connectivity index (χ1v) is 7.52. The summed E-state index contributed by atoms with van der Waals surface area (Å²) in [5, 5.41) is 9.22. The Balaban J connectivity index is 2.04. The van der Waals surface area contributed by atoms with Crippen molar-refractivity contribution in [3.05, 3.63) is 0 Å². The lowest BCUT2D eigenvalue weighted by Gasteiger charge is -2.30. The molecule has 1 saturated carbocycles. The van der Waals surface area contributed by atoms with Crippen molar-refractivity contribution in [3.8, 4) is 0 Å². The molecule has 1 amide bonds. The molecule has 1 N–H and O–H groups in total. The smallest absolute Gasteiger partial charge is 0.319 e. The summed E-state index contributed by atoms with van der Waals surface area (Å²) in [7, 11) is 0. The predicted molar refractivity (Wildman–Crippen MR) is 72.7 cm³/mol. The number of carboxylic acids is 1. The largest absolute Gasteiger partial charge is 0.480 e. The molecule has 19 heavy (non-hydrogen) atoms. The monoisotopic (exact) mass is 267 g/mol. The minimum atomic E-state index is -1.06. The van der Waals surface area contributed by atoms with Gasteiger partial charge in [0.1, 0.15) is 5.41 Å². The Bertz CT molecular complexity index is 370. The molecular formula is C15H25NO3. The molecule has 0 unspecified atom stereocenters. The molecule has 0 spiro atoms. The van der Waals surface area contributed by atoms with Gasteiger partial charge in [0.05, 0.1) is 0 Å². The molecule has 2 fully saturated rings. The summed E-state index contributed by atoms with van der Waals surface area (Å²) in [6.07, 6.45) is 6.51. The molecule has 4 nitrogen and oxygen atoms in total.